The van der Waals surface area contributed by atoms with Crippen LogP contribution in [0.4, 0.5) is 5.13 Å². The highest BCUT2D eigenvalue weighted by molar-refractivity contribution is 7.09. The van der Waals surface area contributed by atoms with E-state index in [-0.39, 0.29) is 18.7 Å². The van der Waals surface area contributed by atoms with E-state index in [2.05, 4.69) is 14.7 Å². The molecule has 1 aliphatic rings. The summed E-state index contributed by atoms with van der Waals surface area (Å²) in [5.41, 5.74) is -0.395. The third kappa shape index (κ3) is 4.00. The Kier molecular flexibility index (Phi) is 4.69. The number of aliphatic carboxylic acids is 1. The van der Waals surface area contributed by atoms with Crippen LogP contribution in [0.1, 0.15) is 50.8 Å². The van der Waals surface area contributed by atoms with Gasteiger partial charge in [0.25, 0.3) is 0 Å². The van der Waals surface area contributed by atoms with Gasteiger partial charge in [-0.15, -0.1) is 0 Å². The molecule has 0 spiro atoms. The molecule has 1 aromatic heterocycles. The van der Waals surface area contributed by atoms with Crippen LogP contribution in [0.15, 0.2) is 0 Å². The van der Waals surface area contributed by atoms with Crippen molar-refractivity contribution in [1.82, 2.24) is 9.36 Å². The van der Waals surface area contributed by atoms with Crippen LogP contribution in [0.25, 0.3) is 0 Å². The maximum Gasteiger partial charge on any atom is 0.303 e. The highest BCUT2D eigenvalue weighted by Crippen LogP contribution is 2.42. The van der Waals surface area contributed by atoms with Crippen LogP contribution >= 0.6 is 11.5 Å². The predicted molar refractivity (Wildman–Crippen MR) is 75.7 cm³/mol. The first-order valence-corrected chi connectivity index (χ1v) is 7.58. The van der Waals surface area contributed by atoms with E-state index < -0.39 is 11.4 Å². The zero-order valence-electron chi connectivity index (χ0n) is 11.5. The summed E-state index contributed by atoms with van der Waals surface area (Å²) < 4.78 is 4.00. The fraction of sp³-hybridized carbons (Fsp3) is 0.692. The van der Waals surface area contributed by atoms with Gasteiger partial charge in [0, 0.05) is 18.0 Å². The fourth-order valence-corrected chi connectivity index (χ4v) is 3.48. The molecule has 2 rings (SSSR count). The van der Waals surface area contributed by atoms with Gasteiger partial charge in [0.05, 0.1) is 6.42 Å². The summed E-state index contributed by atoms with van der Waals surface area (Å²) in [6, 6.07) is 0. The molecule has 20 heavy (non-hydrogen) atoms. The van der Waals surface area contributed by atoms with Crippen molar-refractivity contribution in [3.05, 3.63) is 5.82 Å². The maximum atomic E-state index is 12.1. The lowest BCUT2D eigenvalue weighted by molar-refractivity contribution is -0.140. The predicted octanol–water partition coefficient (Wildman–Crippen LogP) is 2.60. The van der Waals surface area contributed by atoms with Gasteiger partial charge in [-0.25, -0.2) is 4.98 Å². The summed E-state index contributed by atoms with van der Waals surface area (Å²) in [5, 5.41) is 12.3. The Morgan fingerprint density at radius 3 is 2.55 bits per heavy atom. The topological polar surface area (TPSA) is 92.2 Å². The van der Waals surface area contributed by atoms with Crippen molar-refractivity contribution in [2.45, 2.75) is 51.9 Å². The molecule has 1 aromatic rings. The van der Waals surface area contributed by atoms with E-state index in [9.17, 15) is 9.59 Å². The van der Waals surface area contributed by atoms with E-state index >= 15 is 0 Å². The molecule has 6 nitrogen and oxygen atoms in total. The minimum absolute atomic E-state index is 0.0650. The molecule has 2 N–H and O–H groups in total. The molecule has 0 radical (unpaired) electrons. The molecule has 1 saturated carbocycles. The van der Waals surface area contributed by atoms with Gasteiger partial charge >= 0.3 is 5.97 Å². The number of amides is 1. The number of carboxylic acids is 1. The third-order valence-corrected chi connectivity index (χ3v) is 4.47. The molecule has 0 aromatic carbocycles. The van der Waals surface area contributed by atoms with Crippen LogP contribution in [0.2, 0.25) is 0 Å². The summed E-state index contributed by atoms with van der Waals surface area (Å²) in [6.45, 7) is 1.76. The summed E-state index contributed by atoms with van der Waals surface area (Å²) in [5.74, 6) is -0.362. The molecule has 0 aliphatic heterocycles. The Hall–Kier alpha value is -1.50. The number of carbonyl (C=O) groups excluding carboxylic acids is 1. The van der Waals surface area contributed by atoms with Crippen LogP contribution in [-0.2, 0) is 9.59 Å². The van der Waals surface area contributed by atoms with Crippen LogP contribution in [0.5, 0.6) is 0 Å². The van der Waals surface area contributed by atoms with Gasteiger partial charge in [-0.2, -0.15) is 4.37 Å². The Balaban J connectivity index is 1.99. The zero-order valence-corrected chi connectivity index (χ0v) is 12.3. The molecule has 0 bridgehead atoms. The molecule has 0 saturated heterocycles. The van der Waals surface area contributed by atoms with E-state index in [1.54, 1.807) is 6.92 Å². The van der Waals surface area contributed by atoms with Crippen molar-refractivity contribution in [3.63, 3.8) is 0 Å². The van der Waals surface area contributed by atoms with Crippen molar-refractivity contribution >= 4 is 28.5 Å². The second kappa shape index (κ2) is 6.30. The minimum Gasteiger partial charge on any atom is -0.481 e. The Bertz CT molecular complexity index is 495. The number of hydrogen-bond acceptors (Lipinski definition) is 5. The standard InChI is InChI=1S/C13H19N3O3S/c1-9-14-12(20-16-9)15-10(17)7-13(8-11(18)19)5-3-2-4-6-13/h2-8H2,1H3,(H,18,19)(H,14,15,16,17). The summed E-state index contributed by atoms with van der Waals surface area (Å²) in [4.78, 5) is 27.3. The molecule has 0 atom stereocenters. The number of nitrogens with zero attached hydrogens (tertiary/aromatic N) is 2. The van der Waals surface area contributed by atoms with Gasteiger partial charge in [0.2, 0.25) is 11.0 Å². The summed E-state index contributed by atoms with van der Waals surface area (Å²) >= 11 is 1.14. The molecule has 1 fully saturated rings. The third-order valence-electron chi connectivity index (χ3n) is 3.75. The van der Waals surface area contributed by atoms with Crippen LogP contribution in [-0.4, -0.2) is 26.3 Å². The molecule has 110 valence electrons. The Morgan fingerprint density at radius 1 is 1.30 bits per heavy atom. The van der Waals surface area contributed by atoms with Crippen molar-refractivity contribution in [2.75, 3.05) is 5.32 Å². The van der Waals surface area contributed by atoms with E-state index in [0.29, 0.717) is 11.0 Å². The van der Waals surface area contributed by atoms with E-state index in [4.69, 9.17) is 5.11 Å². The SMILES string of the molecule is Cc1nsc(NC(=O)CC2(CC(=O)O)CCCCC2)n1. The lowest BCUT2D eigenvalue weighted by Gasteiger charge is -2.35. The van der Waals surface area contributed by atoms with Gasteiger partial charge < -0.3 is 10.4 Å². The first kappa shape index (κ1) is 14.9. The van der Waals surface area contributed by atoms with Crippen LogP contribution < -0.4 is 5.32 Å². The molecule has 7 heteroatoms. The summed E-state index contributed by atoms with van der Waals surface area (Å²) in [6.07, 6.45) is 5.05. The Morgan fingerprint density at radius 2 is 2.00 bits per heavy atom. The average molecular weight is 297 g/mol. The zero-order chi connectivity index (χ0) is 14.6. The second-order valence-corrected chi connectivity index (χ2v) is 6.25. The van der Waals surface area contributed by atoms with Crippen molar-refractivity contribution in [3.8, 4) is 0 Å². The number of nitrogens with one attached hydrogen (secondary N) is 1. The van der Waals surface area contributed by atoms with Gasteiger partial charge in [-0.3, -0.25) is 9.59 Å². The number of aromatic nitrogens is 2. The molecular formula is C13H19N3O3S. The first-order valence-electron chi connectivity index (χ1n) is 6.81. The van der Waals surface area contributed by atoms with E-state index in [0.717, 1.165) is 43.6 Å². The number of hydrogen-bond donors (Lipinski definition) is 2. The highest BCUT2D eigenvalue weighted by Gasteiger charge is 2.36. The largest absolute Gasteiger partial charge is 0.481 e. The van der Waals surface area contributed by atoms with Gasteiger partial charge in [0.15, 0.2) is 0 Å². The molecular weight excluding hydrogens is 278 g/mol. The number of aryl methyl sites for hydroxylation is 1. The normalized spacial score (nSPS) is 17.6. The first-order chi connectivity index (χ1) is 9.49. The Labute approximate surface area is 121 Å². The lowest BCUT2D eigenvalue weighted by atomic mass is 9.69. The van der Waals surface area contributed by atoms with Crippen molar-refractivity contribution in [1.29, 1.82) is 0 Å². The van der Waals surface area contributed by atoms with Gasteiger partial charge in [0.1, 0.15) is 5.82 Å². The lowest BCUT2D eigenvalue weighted by Crippen LogP contribution is -2.32. The minimum atomic E-state index is -0.827. The van der Waals surface area contributed by atoms with Crippen molar-refractivity contribution in [2.24, 2.45) is 5.41 Å². The molecule has 0 unspecified atom stereocenters. The van der Waals surface area contributed by atoms with E-state index in [1.165, 1.54) is 0 Å². The van der Waals surface area contributed by atoms with Crippen LogP contribution in [0.3, 0.4) is 0 Å². The number of rotatable bonds is 5. The number of carboxylic acid groups (broad SMARTS) is 1. The number of anilines is 1. The van der Waals surface area contributed by atoms with E-state index in [1.807, 2.05) is 0 Å². The van der Waals surface area contributed by atoms with Crippen molar-refractivity contribution < 1.29 is 14.7 Å². The van der Waals surface area contributed by atoms with Crippen LogP contribution in [0, 0.1) is 12.3 Å². The highest BCUT2D eigenvalue weighted by atomic mass is 32.1. The summed E-state index contributed by atoms with van der Waals surface area (Å²) in [7, 11) is 0. The van der Waals surface area contributed by atoms with Gasteiger partial charge in [-0.1, -0.05) is 19.3 Å². The molecule has 1 heterocycles. The fourth-order valence-electron chi connectivity index (χ4n) is 2.89. The van der Waals surface area contributed by atoms with Gasteiger partial charge in [-0.05, 0) is 25.2 Å². The quantitative estimate of drug-likeness (QED) is 0.871. The maximum absolute atomic E-state index is 12.1. The molecule has 1 aliphatic carbocycles. The number of carbonyl (C=O) groups is 2. The second-order valence-electron chi connectivity index (χ2n) is 5.50. The average Bonchev–Trinajstić information content (AvgIpc) is 2.74. The monoisotopic (exact) mass is 297 g/mol. The molecule has 1 amide bonds. The smallest absolute Gasteiger partial charge is 0.303 e.